The van der Waals surface area contributed by atoms with Crippen LogP contribution >= 0.6 is 0 Å². The van der Waals surface area contributed by atoms with Gasteiger partial charge in [-0.15, -0.1) is 5.10 Å². The molecular weight excluding hydrogens is 286 g/mol. The summed E-state index contributed by atoms with van der Waals surface area (Å²) < 4.78 is 1.56. The second-order valence-electron chi connectivity index (χ2n) is 4.95. The average molecular weight is 303 g/mol. The van der Waals surface area contributed by atoms with Gasteiger partial charge in [0.05, 0.1) is 17.8 Å². The zero-order valence-electron chi connectivity index (χ0n) is 12.2. The van der Waals surface area contributed by atoms with Crippen LogP contribution in [0.25, 0.3) is 0 Å². The highest BCUT2D eigenvalue weighted by atomic mass is 16.4. The first-order valence-electron chi connectivity index (χ1n) is 7.00. The second-order valence-corrected chi connectivity index (χ2v) is 4.95. The highest BCUT2D eigenvalue weighted by Crippen LogP contribution is 2.13. The van der Waals surface area contributed by atoms with E-state index in [0.29, 0.717) is 18.7 Å². The maximum absolute atomic E-state index is 11.2. The summed E-state index contributed by atoms with van der Waals surface area (Å²) in [6.07, 6.45) is 2.39. The van der Waals surface area contributed by atoms with Gasteiger partial charge in [-0.2, -0.15) is 0 Å². The van der Waals surface area contributed by atoms with Crippen LogP contribution in [0.1, 0.15) is 51.9 Å². The lowest BCUT2D eigenvalue weighted by Gasteiger charge is -2.07. The quantitative estimate of drug-likeness (QED) is 0.811. The molecule has 2 rings (SSSR count). The van der Waals surface area contributed by atoms with E-state index in [9.17, 15) is 9.59 Å². The van der Waals surface area contributed by atoms with Crippen LogP contribution in [-0.4, -0.2) is 37.1 Å². The molecule has 0 aliphatic rings. The number of aromatic carboxylic acids is 2. The van der Waals surface area contributed by atoms with E-state index >= 15 is 0 Å². The minimum atomic E-state index is -1.08. The van der Waals surface area contributed by atoms with Crippen molar-refractivity contribution in [1.82, 2.24) is 15.0 Å². The van der Waals surface area contributed by atoms with Gasteiger partial charge in [0.2, 0.25) is 0 Å². The third kappa shape index (κ3) is 3.49. The van der Waals surface area contributed by atoms with Crippen LogP contribution in [0.3, 0.4) is 0 Å². The van der Waals surface area contributed by atoms with Crippen LogP contribution < -0.4 is 0 Å². The molecule has 22 heavy (non-hydrogen) atoms. The molecular formula is C15H17N3O4. The number of rotatable bonds is 7. The van der Waals surface area contributed by atoms with Crippen LogP contribution in [-0.2, 0) is 13.0 Å². The number of unbranched alkanes of at least 4 members (excludes halogenated alkanes) is 1. The summed E-state index contributed by atoms with van der Waals surface area (Å²) in [6.45, 7) is 2.39. The van der Waals surface area contributed by atoms with Gasteiger partial charge in [0.25, 0.3) is 0 Å². The van der Waals surface area contributed by atoms with E-state index in [2.05, 4.69) is 10.3 Å². The number of aromatic nitrogens is 3. The lowest BCUT2D eigenvalue weighted by atomic mass is 10.1. The number of carboxylic acids is 2. The van der Waals surface area contributed by atoms with Gasteiger partial charge in [-0.25, -0.2) is 14.3 Å². The monoisotopic (exact) mass is 303 g/mol. The maximum atomic E-state index is 11.2. The molecule has 7 heteroatoms. The molecule has 0 saturated heterocycles. The van der Waals surface area contributed by atoms with E-state index in [4.69, 9.17) is 10.2 Å². The number of nitrogens with zero attached hydrogens (tertiary/aromatic N) is 3. The van der Waals surface area contributed by atoms with Gasteiger partial charge < -0.3 is 10.2 Å². The van der Waals surface area contributed by atoms with Crippen molar-refractivity contribution >= 4 is 11.9 Å². The van der Waals surface area contributed by atoms with Gasteiger partial charge in [-0.1, -0.05) is 30.7 Å². The Morgan fingerprint density at radius 3 is 2.36 bits per heavy atom. The molecule has 0 unspecified atom stereocenters. The molecule has 0 fully saturated rings. The third-order valence-electron chi connectivity index (χ3n) is 3.34. The molecule has 1 aromatic heterocycles. The highest BCUT2D eigenvalue weighted by Gasteiger charge is 2.18. The Balaban J connectivity index is 2.24. The predicted molar refractivity (Wildman–Crippen MR) is 78.1 cm³/mol. The summed E-state index contributed by atoms with van der Waals surface area (Å²) in [7, 11) is 0. The van der Waals surface area contributed by atoms with Gasteiger partial charge in [0, 0.05) is 0 Å². The molecule has 0 amide bonds. The molecule has 1 aromatic carbocycles. The first kappa shape index (κ1) is 15.7. The number of carboxylic acid groups (broad SMARTS) is 2. The van der Waals surface area contributed by atoms with E-state index in [-0.39, 0.29) is 11.3 Å². The Kier molecular flexibility index (Phi) is 4.88. The Morgan fingerprint density at radius 2 is 1.82 bits per heavy atom. The van der Waals surface area contributed by atoms with E-state index < -0.39 is 11.9 Å². The average Bonchev–Trinajstić information content (AvgIpc) is 2.88. The summed E-state index contributed by atoms with van der Waals surface area (Å²) >= 11 is 0. The topological polar surface area (TPSA) is 105 Å². The van der Waals surface area contributed by atoms with Crippen molar-refractivity contribution in [3.8, 4) is 0 Å². The Morgan fingerprint density at radius 1 is 1.14 bits per heavy atom. The maximum Gasteiger partial charge on any atom is 0.358 e. The lowest BCUT2D eigenvalue weighted by Crippen LogP contribution is -2.10. The molecule has 7 nitrogen and oxygen atoms in total. The van der Waals surface area contributed by atoms with Crippen molar-refractivity contribution in [1.29, 1.82) is 0 Å². The normalized spacial score (nSPS) is 10.6. The van der Waals surface area contributed by atoms with E-state index in [0.717, 1.165) is 18.4 Å². The van der Waals surface area contributed by atoms with Crippen molar-refractivity contribution in [3.05, 3.63) is 46.8 Å². The van der Waals surface area contributed by atoms with Gasteiger partial charge in [-0.05, 0) is 30.5 Å². The van der Waals surface area contributed by atoms with Crippen LogP contribution in [0.2, 0.25) is 0 Å². The van der Waals surface area contributed by atoms with E-state index in [1.165, 1.54) is 12.1 Å². The summed E-state index contributed by atoms with van der Waals surface area (Å²) in [5.74, 6) is -2.07. The Bertz CT molecular complexity index is 677. The molecule has 0 atom stereocenters. The molecule has 116 valence electrons. The number of hydrogen-bond acceptors (Lipinski definition) is 4. The molecule has 0 radical (unpaired) electrons. The zero-order valence-corrected chi connectivity index (χ0v) is 12.2. The zero-order chi connectivity index (χ0) is 16.1. The van der Waals surface area contributed by atoms with Crippen LogP contribution in [0.5, 0.6) is 0 Å². The fraction of sp³-hybridized carbons (Fsp3) is 0.333. The Labute approximate surface area is 127 Å². The minimum absolute atomic E-state index is 0.0180. The summed E-state index contributed by atoms with van der Waals surface area (Å²) in [5.41, 5.74) is 1.62. The van der Waals surface area contributed by atoms with Crippen LogP contribution in [0.15, 0.2) is 24.3 Å². The van der Waals surface area contributed by atoms with Crippen LogP contribution in [0.4, 0.5) is 0 Å². The van der Waals surface area contributed by atoms with Crippen molar-refractivity contribution in [2.45, 2.75) is 32.7 Å². The second kappa shape index (κ2) is 6.84. The fourth-order valence-electron chi connectivity index (χ4n) is 2.14. The molecule has 2 aromatic rings. The summed E-state index contributed by atoms with van der Waals surface area (Å²) in [4.78, 5) is 22.0. The third-order valence-corrected chi connectivity index (χ3v) is 3.34. The molecule has 0 aliphatic carbocycles. The van der Waals surface area contributed by atoms with Crippen molar-refractivity contribution in [2.24, 2.45) is 0 Å². The standard InChI is InChI=1S/C15H17N3O4/c1-2-3-4-12-13(15(21)22)16-17-18(12)9-10-5-7-11(8-6-10)14(19)20/h5-8H,2-4,9H2,1H3,(H,19,20)(H,21,22). The SMILES string of the molecule is CCCCc1c(C(=O)O)nnn1Cc1ccc(C(=O)O)cc1. The minimum Gasteiger partial charge on any atom is -0.478 e. The van der Waals surface area contributed by atoms with Crippen LogP contribution in [0, 0.1) is 0 Å². The molecule has 0 bridgehead atoms. The van der Waals surface area contributed by atoms with E-state index in [1.807, 2.05) is 6.92 Å². The van der Waals surface area contributed by atoms with Gasteiger partial charge >= 0.3 is 11.9 Å². The van der Waals surface area contributed by atoms with Crippen molar-refractivity contribution < 1.29 is 19.8 Å². The summed E-state index contributed by atoms with van der Waals surface area (Å²) in [6, 6.07) is 6.40. The highest BCUT2D eigenvalue weighted by molar-refractivity contribution is 5.87. The smallest absolute Gasteiger partial charge is 0.358 e. The first-order chi connectivity index (χ1) is 10.5. The lowest BCUT2D eigenvalue weighted by molar-refractivity contribution is 0.0681. The fourth-order valence-corrected chi connectivity index (χ4v) is 2.14. The molecule has 2 N–H and O–H groups in total. The van der Waals surface area contributed by atoms with Crippen molar-refractivity contribution in [3.63, 3.8) is 0 Å². The van der Waals surface area contributed by atoms with E-state index in [1.54, 1.807) is 16.8 Å². The van der Waals surface area contributed by atoms with Gasteiger partial charge in [0.1, 0.15) is 0 Å². The molecule has 0 spiro atoms. The van der Waals surface area contributed by atoms with Gasteiger partial charge in [0.15, 0.2) is 5.69 Å². The number of carbonyl (C=O) groups is 2. The predicted octanol–water partition coefficient (Wildman–Crippen LogP) is 2.07. The number of hydrogen-bond donors (Lipinski definition) is 2. The largest absolute Gasteiger partial charge is 0.478 e. The van der Waals surface area contributed by atoms with Crippen molar-refractivity contribution in [2.75, 3.05) is 0 Å². The molecule has 0 aliphatic heterocycles. The molecule has 1 heterocycles. The summed E-state index contributed by atoms with van der Waals surface area (Å²) in [5, 5.41) is 25.7. The molecule has 0 saturated carbocycles. The van der Waals surface area contributed by atoms with Gasteiger partial charge in [-0.3, -0.25) is 0 Å². The number of benzene rings is 1. The first-order valence-corrected chi connectivity index (χ1v) is 7.00. The Hall–Kier alpha value is -2.70.